The summed E-state index contributed by atoms with van der Waals surface area (Å²) < 4.78 is 10.5. The Morgan fingerprint density at radius 3 is 2.69 bits per heavy atom. The van der Waals surface area contributed by atoms with E-state index < -0.39 is 0 Å². The number of hydrogen-bond acceptors (Lipinski definition) is 2. The van der Waals surface area contributed by atoms with Crippen molar-refractivity contribution in [1.29, 1.82) is 0 Å². The molecule has 1 aromatic rings. The number of rotatable bonds is 5. The molecule has 0 aliphatic heterocycles. The highest BCUT2D eigenvalue weighted by atomic mass is 16.5. The van der Waals surface area contributed by atoms with Crippen LogP contribution in [0.3, 0.4) is 0 Å². The zero-order chi connectivity index (χ0) is 12.0. The molecule has 1 unspecified atom stereocenters. The van der Waals surface area contributed by atoms with E-state index in [4.69, 9.17) is 9.47 Å². The summed E-state index contributed by atoms with van der Waals surface area (Å²) in [7, 11) is 3.42. The standard InChI is InChI=1S/C14H20O2/c1-11-8-9-14(16-4)13(10-11)7-5-6-12(2)15-3/h5,7-10,12H,6H2,1-4H3/b7-5+. The minimum atomic E-state index is 0.257. The summed E-state index contributed by atoms with van der Waals surface area (Å²) >= 11 is 0. The largest absolute Gasteiger partial charge is 0.496 e. The molecule has 16 heavy (non-hydrogen) atoms. The fraction of sp³-hybridized carbons (Fsp3) is 0.429. The predicted molar refractivity (Wildman–Crippen MR) is 67.9 cm³/mol. The SMILES string of the molecule is COc1ccc(C)cc1/C=C/CC(C)OC. The van der Waals surface area contributed by atoms with Crippen LogP contribution in [0.5, 0.6) is 5.75 Å². The summed E-state index contributed by atoms with van der Waals surface area (Å²) in [4.78, 5) is 0. The maximum atomic E-state index is 5.30. The molecule has 0 N–H and O–H groups in total. The summed E-state index contributed by atoms with van der Waals surface area (Å²) in [6.07, 6.45) is 5.37. The number of hydrogen-bond donors (Lipinski definition) is 0. The maximum Gasteiger partial charge on any atom is 0.126 e. The Morgan fingerprint density at radius 1 is 1.31 bits per heavy atom. The van der Waals surface area contributed by atoms with Crippen molar-refractivity contribution >= 4 is 6.08 Å². The molecule has 0 aliphatic rings. The minimum Gasteiger partial charge on any atom is -0.496 e. The highest BCUT2D eigenvalue weighted by molar-refractivity contribution is 5.58. The first-order valence-corrected chi connectivity index (χ1v) is 5.51. The van der Waals surface area contributed by atoms with Gasteiger partial charge < -0.3 is 9.47 Å². The zero-order valence-electron chi connectivity index (χ0n) is 10.5. The van der Waals surface area contributed by atoms with Gasteiger partial charge in [-0.05, 0) is 32.4 Å². The van der Waals surface area contributed by atoms with Crippen LogP contribution < -0.4 is 4.74 Å². The van der Waals surface area contributed by atoms with Gasteiger partial charge in [0, 0.05) is 12.7 Å². The molecule has 0 saturated heterocycles. The molecule has 0 aliphatic carbocycles. The van der Waals surface area contributed by atoms with Crippen molar-refractivity contribution in [2.24, 2.45) is 0 Å². The first-order valence-electron chi connectivity index (χ1n) is 5.51. The second kappa shape index (κ2) is 6.33. The molecular formula is C14H20O2. The van der Waals surface area contributed by atoms with Crippen LogP contribution in [0.2, 0.25) is 0 Å². The van der Waals surface area contributed by atoms with E-state index in [-0.39, 0.29) is 6.10 Å². The van der Waals surface area contributed by atoms with Gasteiger partial charge in [-0.3, -0.25) is 0 Å². The number of aryl methyl sites for hydroxylation is 1. The second-order valence-corrected chi connectivity index (χ2v) is 3.93. The van der Waals surface area contributed by atoms with Gasteiger partial charge in [0.15, 0.2) is 0 Å². The molecular weight excluding hydrogens is 200 g/mol. The van der Waals surface area contributed by atoms with Gasteiger partial charge in [-0.1, -0.05) is 23.8 Å². The van der Waals surface area contributed by atoms with E-state index in [1.807, 2.05) is 12.1 Å². The smallest absolute Gasteiger partial charge is 0.126 e. The number of methoxy groups -OCH3 is 2. The normalized spacial score (nSPS) is 13.0. The number of benzene rings is 1. The Morgan fingerprint density at radius 2 is 2.06 bits per heavy atom. The van der Waals surface area contributed by atoms with E-state index in [1.54, 1.807) is 14.2 Å². The summed E-state index contributed by atoms with van der Waals surface area (Å²) in [5, 5.41) is 0. The maximum absolute atomic E-state index is 5.30. The molecule has 0 aromatic heterocycles. The topological polar surface area (TPSA) is 18.5 Å². The zero-order valence-corrected chi connectivity index (χ0v) is 10.5. The van der Waals surface area contributed by atoms with E-state index in [0.717, 1.165) is 17.7 Å². The third-order valence-electron chi connectivity index (χ3n) is 2.55. The van der Waals surface area contributed by atoms with Gasteiger partial charge in [-0.25, -0.2) is 0 Å². The van der Waals surface area contributed by atoms with Crippen molar-refractivity contribution in [2.45, 2.75) is 26.4 Å². The molecule has 2 nitrogen and oxygen atoms in total. The lowest BCUT2D eigenvalue weighted by molar-refractivity contribution is 0.121. The Hall–Kier alpha value is -1.28. The van der Waals surface area contributed by atoms with Crippen LogP contribution in [0.1, 0.15) is 24.5 Å². The average Bonchev–Trinajstić information content (AvgIpc) is 2.29. The third-order valence-corrected chi connectivity index (χ3v) is 2.55. The molecule has 0 spiro atoms. The van der Waals surface area contributed by atoms with Crippen LogP contribution >= 0.6 is 0 Å². The van der Waals surface area contributed by atoms with Crippen LogP contribution in [0.4, 0.5) is 0 Å². The lowest BCUT2D eigenvalue weighted by Gasteiger charge is -2.07. The van der Waals surface area contributed by atoms with E-state index in [1.165, 1.54) is 5.56 Å². The van der Waals surface area contributed by atoms with Gasteiger partial charge in [0.05, 0.1) is 13.2 Å². The van der Waals surface area contributed by atoms with Crippen molar-refractivity contribution in [1.82, 2.24) is 0 Å². The monoisotopic (exact) mass is 220 g/mol. The fourth-order valence-corrected chi connectivity index (χ4v) is 1.47. The van der Waals surface area contributed by atoms with Gasteiger partial charge in [0.2, 0.25) is 0 Å². The van der Waals surface area contributed by atoms with Gasteiger partial charge in [-0.2, -0.15) is 0 Å². The molecule has 0 radical (unpaired) electrons. The lowest BCUT2D eigenvalue weighted by atomic mass is 10.1. The van der Waals surface area contributed by atoms with Crippen molar-refractivity contribution in [2.75, 3.05) is 14.2 Å². The highest BCUT2D eigenvalue weighted by Crippen LogP contribution is 2.21. The van der Waals surface area contributed by atoms with E-state index in [0.29, 0.717) is 0 Å². The third kappa shape index (κ3) is 3.70. The van der Waals surface area contributed by atoms with Crippen molar-refractivity contribution in [3.8, 4) is 5.75 Å². The summed E-state index contributed by atoms with van der Waals surface area (Å²) in [5.41, 5.74) is 2.35. The Balaban J connectivity index is 2.75. The molecule has 1 atom stereocenters. The first kappa shape index (κ1) is 12.8. The van der Waals surface area contributed by atoms with Gasteiger partial charge in [0.25, 0.3) is 0 Å². The van der Waals surface area contributed by atoms with Crippen LogP contribution in [-0.4, -0.2) is 20.3 Å². The molecule has 88 valence electrons. The van der Waals surface area contributed by atoms with Gasteiger partial charge in [-0.15, -0.1) is 0 Å². The first-order chi connectivity index (χ1) is 7.67. The molecule has 1 aromatic carbocycles. The van der Waals surface area contributed by atoms with Crippen LogP contribution in [-0.2, 0) is 4.74 Å². The van der Waals surface area contributed by atoms with Crippen molar-refractivity contribution in [3.63, 3.8) is 0 Å². The predicted octanol–water partition coefficient (Wildman–Crippen LogP) is 3.44. The quantitative estimate of drug-likeness (QED) is 0.756. The molecule has 0 fully saturated rings. The van der Waals surface area contributed by atoms with E-state index in [9.17, 15) is 0 Å². The molecule has 0 saturated carbocycles. The number of ether oxygens (including phenoxy) is 2. The van der Waals surface area contributed by atoms with Crippen LogP contribution in [0.15, 0.2) is 24.3 Å². The molecule has 0 heterocycles. The second-order valence-electron chi connectivity index (χ2n) is 3.93. The Kier molecular flexibility index (Phi) is 5.06. The van der Waals surface area contributed by atoms with Crippen LogP contribution in [0.25, 0.3) is 6.08 Å². The highest BCUT2D eigenvalue weighted by Gasteiger charge is 2.00. The molecule has 0 amide bonds. The molecule has 1 rings (SSSR count). The van der Waals surface area contributed by atoms with Gasteiger partial charge >= 0.3 is 0 Å². The van der Waals surface area contributed by atoms with Crippen molar-refractivity contribution in [3.05, 3.63) is 35.4 Å². The summed E-state index contributed by atoms with van der Waals surface area (Å²) in [6.45, 7) is 4.13. The lowest BCUT2D eigenvalue weighted by Crippen LogP contribution is -2.01. The Bertz CT molecular complexity index is 356. The van der Waals surface area contributed by atoms with Crippen molar-refractivity contribution < 1.29 is 9.47 Å². The van der Waals surface area contributed by atoms with Gasteiger partial charge in [0.1, 0.15) is 5.75 Å². The summed E-state index contributed by atoms with van der Waals surface area (Å²) in [6, 6.07) is 6.16. The molecule has 0 bridgehead atoms. The Labute approximate surface area is 97.9 Å². The van der Waals surface area contributed by atoms with E-state index in [2.05, 4.69) is 32.1 Å². The van der Waals surface area contributed by atoms with E-state index >= 15 is 0 Å². The summed E-state index contributed by atoms with van der Waals surface area (Å²) in [5.74, 6) is 0.909. The van der Waals surface area contributed by atoms with Crippen LogP contribution in [0, 0.1) is 6.92 Å². The molecule has 2 heteroatoms. The average molecular weight is 220 g/mol. The minimum absolute atomic E-state index is 0.257. The fourth-order valence-electron chi connectivity index (χ4n) is 1.47.